The molecule has 0 fully saturated rings. The molecule has 0 aliphatic rings. The minimum absolute atomic E-state index is 0.0409. The normalized spacial score (nSPS) is 11.9. The molecule has 0 aliphatic heterocycles. The van der Waals surface area contributed by atoms with Crippen LogP contribution in [0.1, 0.15) is 30.4 Å². The Hall–Kier alpha value is -1.14. The Morgan fingerprint density at radius 2 is 2.20 bits per heavy atom. The van der Waals surface area contributed by atoms with Crippen molar-refractivity contribution in [2.24, 2.45) is 0 Å². The first-order valence-corrected chi connectivity index (χ1v) is 5.48. The molecule has 0 radical (unpaired) electrons. The molecule has 0 aliphatic carbocycles. The van der Waals surface area contributed by atoms with Crippen LogP contribution >= 0.6 is 15.9 Å². The Kier molecular flexibility index (Phi) is 4.05. The number of nitrogens with zero attached hydrogens (tertiary/aromatic N) is 1. The highest BCUT2D eigenvalue weighted by Crippen LogP contribution is 2.24. The third kappa shape index (κ3) is 3.49. The van der Waals surface area contributed by atoms with Crippen LogP contribution in [0, 0.1) is 18.3 Å². The van der Waals surface area contributed by atoms with Gasteiger partial charge in [0.05, 0.1) is 12.0 Å². The number of benzene rings is 1. The standard InChI is InChI=1S/C12H12BrNO/c1-8-3-10(6-12(13)4-8)11(7-14)5-9(2)15/h3-4,6,11H,5H2,1-2H3. The summed E-state index contributed by atoms with van der Waals surface area (Å²) in [5.74, 6) is -0.294. The Labute approximate surface area is 98.0 Å². The zero-order valence-corrected chi connectivity index (χ0v) is 10.3. The van der Waals surface area contributed by atoms with Crippen molar-refractivity contribution in [2.45, 2.75) is 26.2 Å². The molecular formula is C12H12BrNO. The van der Waals surface area contributed by atoms with Gasteiger partial charge in [-0.05, 0) is 37.1 Å². The van der Waals surface area contributed by atoms with Crippen LogP contribution in [0.15, 0.2) is 22.7 Å². The van der Waals surface area contributed by atoms with Gasteiger partial charge in [0.1, 0.15) is 5.78 Å². The molecule has 0 saturated heterocycles. The van der Waals surface area contributed by atoms with E-state index in [0.29, 0.717) is 0 Å². The van der Waals surface area contributed by atoms with Crippen molar-refractivity contribution in [3.05, 3.63) is 33.8 Å². The molecule has 15 heavy (non-hydrogen) atoms. The summed E-state index contributed by atoms with van der Waals surface area (Å²) in [5, 5.41) is 8.99. The minimum Gasteiger partial charge on any atom is -0.300 e. The highest BCUT2D eigenvalue weighted by atomic mass is 79.9. The van der Waals surface area contributed by atoms with Gasteiger partial charge in [0.2, 0.25) is 0 Å². The molecule has 3 heteroatoms. The molecule has 78 valence electrons. The van der Waals surface area contributed by atoms with Gasteiger partial charge in [0.15, 0.2) is 0 Å². The summed E-state index contributed by atoms with van der Waals surface area (Å²) in [7, 11) is 0. The smallest absolute Gasteiger partial charge is 0.131 e. The van der Waals surface area contributed by atoms with Gasteiger partial charge in [-0.15, -0.1) is 0 Å². The number of hydrogen-bond acceptors (Lipinski definition) is 2. The second-order valence-corrected chi connectivity index (χ2v) is 4.57. The number of carbonyl (C=O) groups is 1. The Balaban J connectivity index is 3.02. The summed E-state index contributed by atoms with van der Waals surface area (Å²) >= 11 is 3.38. The van der Waals surface area contributed by atoms with Crippen molar-refractivity contribution in [3.63, 3.8) is 0 Å². The fourth-order valence-electron chi connectivity index (χ4n) is 1.49. The van der Waals surface area contributed by atoms with Crippen molar-refractivity contribution in [1.29, 1.82) is 5.26 Å². The van der Waals surface area contributed by atoms with Crippen LogP contribution < -0.4 is 0 Å². The van der Waals surface area contributed by atoms with Gasteiger partial charge in [0.25, 0.3) is 0 Å². The number of hydrogen-bond donors (Lipinski definition) is 0. The second kappa shape index (κ2) is 5.09. The lowest BCUT2D eigenvalue weighted by atomic mass is 9.94. The summed E-state index contributed by atoms with van der Waals surface area (Å²) in [5.41, 5.74) is 1.99. The molecule has 0 amide bonds. The maximum Gasteiger partial charge on any atom is 0.131 e. The first-order valence-electron chi connectivity index (χ1n) is 4.69. The molecule has 0 aromatic heterocycles. The van der Waals surface area contributed by atoms with Gasteiger partial charge in [-0.2, -0.15) is 5.26 Å². The number of carbonyl (C=O) groups excluding carboxylic acids is 1. The lowest BCUT2D eigenvalue weighted by molar-refractivity contribution is -0.117. The molecule has 1 rings (SSSR count). The van der Waals surface area contributed by atoms with E-state index in [0.717, 1.165) is 15.6 Å². The van der Waals surface area contributed by atoms with Crippen molar-refractivity contribution in [1.82, 2.24) is 0 Å². The van der Waals surface area contributed by atoms with Crippen LogP contribution in [0.2, 0.25) is 0 Å². The number of halogens is 1. The van der Waals surface area contributed by atoms with Crippen LogP contribution in [-0.2, 0) is 4.79 Å². The molecular weight excluding hydrogens is 254 g/mol. The van der Waals surface area contributed by atoms with Crippen molar-refractivity contribution in [3.8, 4) is 6.07 Å². The molecule has 1 unspecified atom stereocenters. The quantitative estimate of drug-likeness (QED) is 0.841. The number of aryl methyl sites for hydroxylation is 1. The summed E-state index contributed by atoms with van der Waals surface area (Å²) in [4.78, 5) is 11.0. The summed E-state index contributed by atoms with van der Waals surface area (Å²) in [6, 6.07) is 7.98. The molecule has 0 spiro atoms. The van der Waals surface area contributed by atoms with Gasteiger partial charge < -0.3 is 0 Å². The third-order valence-corrected chi connectivity index (χ3v) is 2.57. The molecule has 0 saturated carbocycles. The number of nitriles is 1. The molecule has 0 heterocycles. The maximum absolute atomic E-state index is 11.0. The van der Waals surface area contributed by atoms with Gasteiger partial charge >= 0.3 is 0 Å². The highest BCUT2D eigenvalue weighted by molar-refractivity contribution is 9.10. The Morgan fingerprint density at radius 1 is 1.53 bits per heavy atom. The zero-order valence-electron chi connectivity index (χ0n) is 8.75. The van der Waals surface area contributed by atoms with Crippen LogP contribution in [0.3, 0.4) is 0 Å². The summed E-state index contributed by atoms with van der Waals surface area (Å²) in [6.07, 6.45) is 0.284. The molecule has 1 aromatic carbocycles. The second-order valence-electron chi connectivity index (χ2n) is 3.65. The average Bonchev–Trinajstić information content (AvgIpc) is 2.12. The van der Waals surface area contributed by atoms with Crippen LogP contribution in [0.4, 0.5) is 0 Å². The lowest BCUT2D eigenvalue weighted by Gasteiger charge is -2.08. The van der Waals surface area contributed by atoms with E-state index in [1.807, 2.05) is 25.1 Å². The highest BCUT2D eigenvalue weighted by Gasteiger charge is 2.13. The summed E-state index contributed by atoms with van der Waals surface area (Å²) in [6.45, 7) is 3.48. The predicted molar refractivity (Wildman–Crippen MR) is 62.5 cm³/mol. The van der Waals surface area contributed by atoms with E-state index in [4.69, 9.17) is 5.26 Å². The molecule has 1 aromatic rings. The average molecular weight is 266 g/mol. The van der Waals surface area contributed by atoms with E-state index in [1.54, 1.807) is 0 Å². The van der Waals surface area contributed by atoms with Crippen molar-refractivity contribution >= 4 is 21.7 Å². The summed E-state index contributed by atoms with van der Waals surface area (Å²) < 4.78 is 0.946. The molecule has 0 bridgehead atoms. The zero-order chi connectivity index (χ0) is 11.4. The van der Waals surface area contributed by atoms with Crippen LogP contribution in [-0.4, -0.2) is 5.78 Å². The van der Waals surface area contributed by atoms with E-state index in [9.17, 15) is 4.79 Å². The van der Waals surface area contributed by atoms with Gasteiger partial charge in [-0.25, -0.2) is 0 Å². The maximum atomic E-state index is 11.0. The van der Waals surface area contributed by atoms with Gasteiger partial charge in [-0.1, -0.05) is 22.0 Å². The van der Waals surface area contributed by atoms with Gasteiger partial charge in [-0.3, -0.25) is 4.79 Å². The lowest BCUT2D eigenvalue weighted by Crippen LogP contribution is -2.02. The van der Waals surface area contributed by atoms with E-state index in [1.165, 1.54) is 6.92 Å². The fourth-order valence-corrected chi connectivity index (χ4v) is 2.12. The monoisotopic (exact) mass is 265 g/mol. The van der Waals surface area contributed by atoms with Crippen molar-refractivity contribution < 1.29 is 4.79 Å². The van der Waals surface area contributed by atoms with Gasteiger partial charge in [0, 0.05) is 10.9 Å². The largest absolute Gasteiger partial charge is 0.300 e. The first-order chi connectivity index (χ1) is 7.02. The SMILES string of the molecule is CC(=O)CC(C#N)c1cc(C)cc(Br)c1. The molecule has 0 N–H and O–H groups in total. The number of Topliss-reactive ketones (excluding diaryl/α,β-unsaturated/α-hetero) is 1. The van der Waals surface area contributed by atoms with E-state index in [2.05, 4.69) is 22.0 Å². The molecule has 2 nitrogen and oxygen atoms in total. The number of ketones is 1. The Morgan fingerprint density at radius 3 is 2.67 bits per heavy atom. The van der Waals surface area contributed by atoms with Crippen LogP contribution in [0.25, 0.3) is 0 Å². The third-order valence-electron chi connectivity index (χ3n) is 2.11. The predicted octanol–water partition coefficient (Wildman–Crippen LogP) is 3.34. The minimum atomic E-state index is -0.335. The van der Waals surface area contributed by atoms with E-state index < -0.39 is 0 Å². The number of rotatable bonds is 3. The topological polar surface area (TPSA) is 40.9 Å². The van der Waals surface area contributed by atoms with E-state index >= 15 is 0 Å². The Bertz CT molecular complexity index is 400. The fraction of sp³-hybridized carbons (Fsp3) is 0.333. The molecule has 1 atom stereocenters. The van der Waals surface area contributed by atoms with E-state index in [-0.39, 0.29) is 18.1 Å². The first kappa shape index (κ1) is 11.9. The van der Waals surface area contributed by atoms with Crippen molar-refractivity contribution in [2.75, 3.05) is 0 Å². The van der Waals surface area contributed by atoms with Crippen LogP contribution in [0.5, 0.6) is 0 Å².